The van der Waals surface area contributed by atoms with Gasteiger partial charge in [0.15, 0.2) is 11.6 Å². The number of rotatable bonds is 3. The van der Waals surface area contributed by atoms with Crippen LogP contribution in [0.5, 0.6) is 5.75 Å². The van der Waals surface area contributed by atoms with Crippen molar-refractivity contribution >= 4 is 43.0 Å². The number of pyridine rings is 1. The SMILES string of the molecule is Cl.Cl.Cl.c1cnc2c(c1)OCCN2CCN1CCCCC1. The highest BCUT2D eigenvalue weighted by Crippen LogP contribution is 2.28. The number of likely N-dealkylation sites (tertiary alicyclic amines) is 1. The first-order valence-corrected chi connectivity index (χ1v) is 6.98. The number of piperidine rings is 1. The molecule has 0 bridgehead atoms. The fourth-order valence-corrected chi connectivity index (χ4v) is 2.77. The second-order valence-corrected chi connectivity index (χ2v) is 5.06. The molecule has 0 unspecified atom stereocenters. The predicted octanol–water partition coefficient (Wildman–Crippen LogP) is 3.03. The zero-order chi connectivity index (χ0) is 12.2. The smallest absolute Gasteiger partial charge is 0.171 e. The minimum Gasteiger partial charge on any atom is -0.488 e. The van der Waals surface area contributed by atoms with Crippen molar-refractivity contribution in [1.82, 2.24) is 9.88 Å². The standard InChI is InChI=1S/C14H21N3O.3ClH/c1-2-7-16(8-3-1)9-10-17-11-12-18-13-5-4-6-15-14(13)17;;;/h4-6H,1-3,7-12H2;3*1H. The van der Waals surface area contributed by atoms with Crippen LogP contribution in [0.2, 0.25) is 0 Å². The Labute approximate surface area is 145 Å². The Morgan fingerprint density at radius 3 is 2.52 bits per heavy atom. The lowest BCUT2D eigenvalue weighted by Gasteiger charge is -2.33. The van der Waals surface area contributed by atoms with Crippen LogP contribution in [0, 0.1) is 0 Å². The van der Waals surface area contributed by atoms with Crippen LogP contribution in [0.4, 0.5) is 5.82 Å². The molecule has 2 aliphatic heterocycles. The Balaban J connectivity index is 0.00000133. The average molecular weight is 357 g/mol. The molecule has 0 N–H and O–H groups in total. The van der Waals surface area contributed by atoms with E-state index in [1.54, 1.807) is 0 Å². The van der Waals surface area contributed by atoms with Crippen LogP contribution in [0.25, 0.3) is 0 Å². The summed E-state index contributed by atoms with van der Waals surface area (Å²) in [5.41, 5.74) is 0. The van der Waals surface area contributed by atoms with Crippen molar-refractivity contribution in [2.75, 3.05) is 44.2 Å². The Bertz CT molecular complexity index is 403. The number of hydrogen-bond donors (Lipinski definition) is 0. The molecule has 1 saturated heterocycles. The van der Waals surface area contributed by atoms with Gasteiger partial charge in [-0.25, -0.2) is 4.98 Å². The molecule has 0 saturated carbocycles. The van der Waals surface area contributed by atoms with Crippen LogP contribution in [0.3, 0.4) is 0 Å². The van der Waals surface area contributed by atoms with Crippen LogP contribution < -0.4 is 9.64 Å². The van der Waals surface area contributed by atoms with Crippen LogP contribution in [-0.2, 0) is 0 Å². The molecular weight excluding hydrogens is 333 g/mol. The van der Waals surface area contributed by atoms with Gasteiger partial charge in [-0.3, -0.25) is 0 Å². The molecule has 0 amide bonds. The Hall–Kier alpha value is -0.420. The highest BCUT2D eigenvalue weighted by atomic mass is 35.5. The molecule has 122 valence electrons. The molecule has 2 aliphatic rings. The third-order valence-corrected chi connectivity index (χ3v) is 3.80. The lowest BCUT2D eigenvalue weighted by atomic mass is 10.1. The maximum atomic E-state index is 5.63. The first-order chi connectivity index (χ1) is 8.93. The summed E-state index contributed by atoms with van der Waals surface area (Å²) in [6.45, 7) is 6.47. The largest absolute Gasteiger partial charge is 0.488 e. The summed E-state index contributed by atoms with van der Waals surface area (Å²) in [5.74, 6) is 1.95. The van der Waals surface area contributed by atoms with Crippen molar-refractivity contribution in [3.05, 3.63) is 18.3 Å². The Morgan fingerprint density at radius 1 is 1.00 bits per heavy atom. The van der Waals surface area contributed by atoms with Crippen LogP contribution in [0.15, 0.2) is 18.3 Å². The third kappa shape index (κ3) is 5.37. The Morgan fingerprint density at radius 2 is 1.76 bits per heavy atom. The van der Waals surface area contributed by atoms with Crippen LogP contribution >= 0.6 is 37.2 Å². The molecule has 0 spiro atoms. The fourth-order valence-electron chi connectivity index (χ4n) is 2.77. The number of ether oxygens (including phenoxy) is 1. The highest BCUT2D eigenvalue weighted by molar-refractivity contribution is 5.86. The molecule has 1 aromatic rings. The predicted molar refractivity (Wildman–Crippen MR) is 94.0 cm³/mol. The third-order valence-electron chi connectivity index (χ3n) is 3.80. The monoisotopic (exact) mass is 355 g/mol. The van der Waals surface area contributed by atoms with E-state index in [0.29, 0.717) is 0 Å². The number of fused-ring (bicyclic) bond motifs is 1. The Kier molecular flexibility index (Phi) is 10.1. The molecule has 21 heavy (non-hydrogen) atoms. The average Bonchev–Trinajstić information content (AvgIpc) is 2.46. The zero-order valence-corrected chi connectivity index (χ0v) is 14.5. The molecule has 4 nitrogen and oxygen atoms in total. The van der Waals surface area contributed by atoms with E-state index < -0.39 is 0 Å². The number of nitrogens with zero attached hydrogens (tertiary/aromatic N) is 3. The maximum Gasteiger partial charge on any atom is 0.171 e. The second kappa shape index (κ2) is 10.3. The molecular formula is C14H24Cl3N3O. The second-order valence-electron chi connectivity index (χ2n) is 5.06. The van der Waals surface area contributed by atoms with Gasteiger partial charge in [0, 0.05) is 19.3 Å². The highest BCUT2D eigenvalue weighted by Gasteiger charge is 2.19. The van der Waals surface area contributed by atoms with Crippen molar-refractivity contribution in [3.63, 3.8) is 0 Å². The van der Waals surface area contributed by atoms with Gasteiger partial charge in [0.1, 0.15) is 6.61 Å². The number of aromatic nitrogens is 1. The summed E-state index contributed by atoms with van der Waals surface area (Å²) in [7, 11) is 0. The molecule has 0 aromatic carbocycles. The van der Waals surface area contributed by atoms with Crippen LogP contribution in [-0.4, -0.2) is 49.2 Å². The van der Waals surface area contributed by atoms with E-state index in [2.05, 4.69) is 14.8 Å². The quantitative estimate of drug-likeness (QED) is 0.832. The summed E-state index contributed by atoms with van der Waals surface area (Å²) in [4.78, 5) is 9.37. The fraction of sp³-hybridized carbons (Fsp3) is 0.643. The minimum absolute atomic E-state index is 0. The summed E-state index contributed by atoms with van der Waals surface area (Å²) >= 11 is 0. The van der Waals surface area contributed by atoms with E-state index in [9.17, 15) is 0 Å². The van der Waals surface area contributed by atoms with Gasteiger partial charge in [-0.2, -0.15) is 0 Å². The molecule has 3 rings (SSSR count). The van der Waals surface area contributed by atoms with Gasteiger partial charge in [0.25, 0.3) is 0 Å². The molecule has 0 aliphatic carbocycles. The van der Waals surface area contributed by atoms with E-state index in [-0.39, 0.29) is 37.2 Å². The number of hydrogen-bond acceptors (Lipinski definition) is 4. The van der Waals surface area contributed by atoms with Gasteiger partial charge in [-0.15, -0.1) is 37.2 Å². The molecule has 0 atom stereocenters. The molecule has 1 fully saturated rings. The van der Waals surface area contributed by atoms with E-state index in [1.165, 1.54) is 32.4 Å². The lowest BCUT2D eigenvalue weighted by Crippen LogP contribution is -2.41. The van der Waals surface area contributed by atoms with Gasteiger partial charge >= 0.3 is 0 Å². The van der Waals surface area contributed by atoms with E-state index in [4.69, 9.17) is 4.74 Å². The first kappa shape index (κ1) is 20.6. The summed E-state index contributed by atoms with van der Waals surface area (Å²) in [6.07, 6.45) is 5.97. The topological polar surface area (TPSA) is 28.6 Å². The molecule has 1 aromatic heterocycles. The summed E-state index contributed by atoms with van der Waals surface area (Å²) in [6, 6.07) is 3.95. The van der Waals surface area contributed by atoms with E-state index >= 15 is 0 Å². The van der Waals surface area contributed by atoms with Gasteiger partial charge in [-0.1, -0.05) is 6.42 Å². The van der Waals surface area contributed by atoms with Crippen molar-refractivity contribution in [2.45, 2.75) is 19.3 Å². The van der Waals surface area contributed by atoms with Gasteiger partial charge in [-0.05, 0) is 38.1 Å². The van der Waals surface area contributed by atoms with Gasteiger partial charge in [0.05, 0.1) is 6.54 Å². The zero-order valence-electron chi connectivity index (χ0n) is 12.1. The van der Waals surface area contributed by atoms with Crippen molar-refractivity contribution < 1.29 is 4.74 Å². The summed E-state index contributed by atoms with van der Waals surface area (Å²) in [5, 5.41) is 0. The van der Waals surface area contributed by atoms with Gasteiger partial charge in [0.2, 0.25) is 0 Å². The summed E-state index contributed by atoms with van der Waals surface area (Å²) < 4.78 is 5.63. The van der Waals surface area contributed by atoms with E-state index in [0.717, 1.165) is 37.8 Å². The van der Waals surface area contributed by atoms with Crippen LogP contribution in [0.1, 0.15) is 19.3 Å². The molecule has 0 radical (unpaired) electrons. The normalized spacial score (nSPS) is 17.4. The number of halogens is 3. The number of anilines is 1. The maximum absolute atomic E-state index is 5.63. The van der Waals surface area contributed by atoms with Crippen molar-refractivity contribution in [2.24, 2.45) is 0 Å². The van der Waals surface area contributed by atoms with Crippen molar-refractivity contribution in [3.8, 4) is 5.75 Å². The van der Waals surface area contributed by atoms with Crippen molar-refractivity contribution in [1.29, 1.82) is 0 Å². The minimum atomic E-state index is 0. The van der Waals surface area contributed by atoms with E-state index in [1.807, 2.05) is 18.3 Å². The lowest BCUT2D eigenvalue weighted by molar-refractivity contribution is 0.229. The molecule has 7 heteroatoms. The first-order valence-electron chi connectivity index (χ1n) is 6.98. The molecule has 3 heterocycles. The van der Waals surface area contributed by atoms with Gasteiger partial charge < -0.3 is 14.5 Å².